The number of carbonyl (C=O) groups is 2. The summed E-state index contributed by atoms with van der Waals surface area (Å²) in [4.78, 5) is 27.2. The van der Waals surface area contributed by atoms with Gasteiger partial charge in [-0.05, 0) is 17.8 Å². The monoisotopic (exact) mass is 298 g/mol. The zero-order valence-electron chi connectivity index (χ0n) is 13.3. The van der Waals surface area contributed by atoms with E-state index in [1.807, 2.05) is 4.90 Å². The van der Waals surface area contributed by atoms with Crippen LogP contribution in [0.3, 0.4) is 0 Å². The number of urea groups is 1. The van der Waals surface area contributed by atoms with Crippen molar-refractivity contribution < 1.29 is 19.4 Å². The predicted molar refractivity (Wildman–Crippen MR) is 78.0 cm³/mol. The lowest BCUT2D eigenvalue weighted by Gasteiger charge is -2.32. The predicted octanol–water partition coefficient (Wildman–Crippen LogP) is 1.51. The third kappa shape index (κ3) is 3.31. The molecular weight excluding hydrogens is 272 g/mol. The molecule has 0 aromatic carbocycles. The van der Waals surface area contributed by atoms with E-state index in [0.29, 0.717) is 12.5 Å². The van der Waals surface area contributed by atoms with Crippen molar-refractivity contribution in [2.45, 2.75) is 33.2 Å². The number of carboxylic acid groups (broad SMARTS) is 1. The molecule has 2 amide bonds. The Kier molecular flexibility index (Phi) is 4.46. The first-order chi connectivity index (χ1) is 9.71. The molecule has 0 aliphatic carbocycles. The number of hydrogen-bond acceptors (Lipinski definition) is 3. The van der Waals surface area contributed by atoms with Gasteiger partial charge in [0.15, 0.2) is 0 Å². The van der Waals surface area contributed by atoms with Gasteiger partial charge in [0, 0.05) is 20.1 Å². The van der Waals surface area contributed by atoms with E-state index in [9.17, 15) is 14.7 Å². The molecule has 0 saturated carbocycles. The Morgan fingerprint density at radius 1 is 1.29 bits per heavy atom. The van der Waals surface area contributed by atoms with Crippen LogP contribution >= 0.6 is 0 Å². The maximum absolute atomic E-state index is 12.6. The maximum atomic E-state index is 12.6. The molecule has 0 bridgehead atoms. The Hall–Kier alpha value is -1.30. The summed E-state index contributed by atoms with van der Waals surface area (Å²) >= 11 is 0. The second kappa shape index (κ2) is 5.83. The van der Waals surface area contributed by atoms with E-state index >= 15 is 0 Å². The lowest BCUT2D eigenvalue weighted by molar-refractivity contribution is -0.142. The van der Waals surface area contributed by atoms with Gasteiger partial charge in [-0.2, -0.15) is 0 Å². The van der Waals surface area contributed by atoms with Gasteiger partial charge in [-0.15, -0.1) is 0 Å². The summed E-state index contributed by atoms with van der Waals surface area (Å²) in [6, 6.07) is -0.452. The standard InChI is InChI=1S/C15H26N2O4/c1-15(2,3)10-5-6-17(7-10)14(20)16(4)12-9-21-8-11(12)13(18)19/h10-12H,5-9H2,1-4H3,(H,18,19). The fraction of sp³-hybridized carbons (Fsp3) is 0.867. The summed E-state index contributed by atoms with van der Waals surface area (Å²) in [6.45, 7) is 8.56. The molecule has 2 aliphatic heterocycles. The molecule has 3 atom stereocenters. The van der Waals surface area contributed by atoms with E-state index in [1.54, 1.807) is 11.9 Å². The number of hydrogen-bond donors (Lipinski definition) is 1. The first-order valence-electron chi connectivity index (χ1n) is 7.54. The average Bonchev–Trinajstić information content (AvgIpc) is 3.04. The van der Waals surface area contributed by atoms with Crippen LogP contribution in [0.25, 0.3) is 0 Å². The van der Waals surface area contributed by atoms with E-state index < -0.39 is 11.9 Å². The topological polar surface area (TPSA) is 70.1 Å². The largest absolute Gasteiger partial charge is 0.481 e. The van der Waals surface area contributed by atoms with E-state index in [-0.39, 0.29) is 24.1 Å². The molecule has 3 unspecified atom stereocenters. The number of amides is 2. The summed E-state index contributed by atoms with van der Waals surface area (Å²) in [7, 11) is 1.68. The lowest BCUT2D eigenvalue weighted by Crippen LogP contribution is -2.49. The van der Waals surface area contributed by atoms with E-state index in [2.05, 4.69) is 20.8 Å². The third-order valence-corrected chi connectivity index (χ3v) is 4.85. The Morgan fingerprint density at radius 3 is 2.48 bits per heavy atom. The van der Waals surface area contributed by atoms with Gasteiger partial charge < -0.3 is 19.6 Å². The SMILES string of the molecule is CN(C(=O)N1CCC(C(C)(C)C)C1)C1COCC1C(=O)O. The van der Waals surface area contributed by atoms with E-state index in [0.717, 1.165) is 19.5 Å². The van der Waals surface area contributed by atoms with Gasteiger partial charge in [0.2, 0.25) is 0 Å². The van der Waals surface area contributed by atoms with Crippen molar-refractivity contribution in [3.63, 3.8) is 0 Å². The van der Waals surface area contributed by atoms with Gasteiger partial charge in [0.25, 0.3) is 0 Å². The second-order valence-electron chi connectivity index (χ2n) is 7.24. The van der Waals surface area contributed by atoms with Crippen molar-refractivity contribution in [1.29, 1.82) is 0 Å². The number of nitrogens with zero attached hydrogens (tertiary/aromatic N) is 2. The summed E-state index contributed by atoms with van der Waals surface area (Å²) < 4.78 is 5.25. The molecule has 2 aliphatic rings. The van der Waals surface area contributed by atoms with Crippen molar-refractivity contribution >= 4 is 12.0 Å². The number of likely N-dealkylation sites (N-methyl/N-ethyl adjacent to an activating group) is 1. The highest BCUT2D eigenvalue weighted by Gasteiger charge is 2.41. The molecule has 21 heavy (non-hydrogen) atoms. The molecule has 6 nitrogen and oxygen atoms in total. The van der Waals surface area contributed by atoms with Crippen LogP contribution < -0.4 is 0 Å². The van der Waals surface area contributed by atoms with Crippen LogP contribution in [0.15, 0.2) is 0 Å². The molecule has 0 aromatic rings. The number of likely N-dealkylation sites (tertiary alicyclic amines) is 1. The smallest absolute Gasteiger partial charge is 0.320 e. The van der Waals surface area contributed by atoms with Crippen molar-refractivity contribution in [3.8, 4) is 0 Å². The fourth-order valence-corrected chi connectivity index (χ4v) is 3.17. The minimum absolute atomic E-state index is 0.0801. The zero-order chi connectivity index (χ0) is 15.8. The van der Waals surface area contributed by atoms with Gasteiger partial charge in [-0.3, -0.25) is 4.79 Å². The number of carbonyl (C=O) groups excluding carboxylic acids is 1. The van der Waals surface area contributed by atoms with E-state index in [4.69, 9.17) is 4.74 Å². The summed E-state index contributed by atoms with van der Waals surface area (Å²) in [5, 5.41) is 9.20. The molecule has 0 aromatic heterocycles. The van der Waals surface area contributed by atoms with Gasteiger partial charge >= 0.3 is 12.0 Å². The van der Waals surface area contributed by atoms with Crippen LogP contribution in [0.5, 0.6) is 0 Å². The van der Waals surface area contributed by atoms with Crippen molar-refractivity contribution in [2.24, 2.45) is 17.3 Å². The summed E-state index contributed by atoms with van der Waals surface area (Å²) in [5.74, 6) is -1.03. The highest BCUT2D eigenvalue weighted by molar-refractivity contribution is 5.77. The van der Waals surface area contributed by atoms with Crippen LogP contribution in [0.4, 0.5) is 4.79 Å². The quantitative estimate of drug-likeness (QED) is 0.839. The van der Waals surface area contributed by atoms with Crippen molar-refractivity contribution in [1.82, 2.24) is 9.80 Å². The Labute approximate surface area is 126 Å². The minimum Gasteiger partial charge on any atom is -0.481 e. The van der Waals surface area contributed by atoms with Gasteiger partial charge in [0.05, 0.1) is 19.3 Å². The molecule has 1 N–H and O–H groups in total. The number of rotatable bonds is 2. The van der Waals surface area contributed by atoms with Crippen LogP contribution in [-0.4, -0.2) is 66.3 Å². The van der Waals surface area contributed by atoms with Gasteiger partial charge in [0.1, 0.15) is 5.92 Å². The van der Waals surface area contributed by atoms with Crippen molar-refractivity contribution in [3.05, 3.63) is 0 Å². The number of ether oxygens (including phenoxy) is 1. The average molecular weight is 298 g/mol. The molecule has 2 fully saturated rings. The number of carboxylic acids is 1. The lowest BCUT2D eigenvalue weighted by atomic mass is 9.80. The summed E-state index contributed by atoms with van der Waals surface area (Å²) in [6.07, 6.45) is 1.01. The molecule has 0 spiro atoms. The minimum atomic E-state index is -0.897. The Morgan fingerprint density at radius 2 is 1.95 bits per heavy atom. The fourth-order valence-electron chi connectivity index (χ4n) is 3.17. The molecular formula is C15H26N2O4. The first-order valence-corrected chi connectivity index (χ1v) is 7.54. The highest BCUT2D eigenvalue weighted by Crippen LogP contribution is 2.34. The molecule has 120 valence electrons. The van der Waals surface area contributed by atoms with Crippen LogP contribution in [0.1, 0.15) is 27.2 Å². The van der Waals surface area contributed by atoms with Gasteiger partial charge in [-0.1, -0.05) is 20.8 Å². The van der Waals surface area contributed by atoms with Crippen LogP contribution in [0, 0.1) is 17.3 Å². The molecule has 0 radical (unpaired) electrons. The zero-order valence-corrected chi connectivity index (χ0v) is 13.3. The Bertz CT molecular complexity index is 418. The highest BCUT2D eigenvalue weighted by atomic mass is 16.5. The molecule has 2 rings (SSSR count). The first kappa shape index (κ1) is 16.1. The third-order valence-electron chi connectivity index (χ3n) is 4.85. The van der Waals surface area contributed by atoms with Crippen LogP contribution in [-0.2, 0) is 9.53 Å². The Balaban J connectivity index is 1.99. The normalized spacial score (nSPS) is 29.7. The molecule has 2 heterocycles. The second-order valence-corrected chi connectivity index (χ2v) is 7.24. The van der Waals surface area contributed by atoms with E-state index in [1.165, 1.54) is 0 Å². The number of aliphatic carboxylic acids is 1. The van der Waals surface area contributed by atoms with Crippen LogP contribution in [0.2, 0.25) is 0 Å². The maximum Gasteiger partial charge on any atom is 0.320 e. The van der Waals surface area contributed by atoms with Gasteiger partial charge in [-0.25, -0.2) is 4.79 Å². The molecule has 2 saturated heterocycles. The molecule has 6 heteroatoms. The summed E-state index contributed by atoms with van der Waals surface area (Å²) in [5.41, 5.74) is 0.188. The van der Waals surface area contributed by atoms with Crippen molar-refractivity contribution in [2.75, 3.05) is 33.4 Å².